The van der Waals surface area contributed by atoms with Crippen molar-refractivity contribution in [3.63, 3.8) is 0 Å². The van der Waals surface area contributed by atoms with Gasteiger partial charge in [-0.05, 0) is 19.3 Å². The summed E-state index contributed by atoms with van der Waals surface area (Å²) in [5, 5.41) is 3.36. The largest absolute Gasteiger partial charge is 0.381 e. The minimum absolute atomic E-state index is 0.683. The highest BCUT2D eigenvalue weighted by Gasteiger charge is 2.23. The van der Waals surface area contributed by atoms with E-state index in [-0.39, 0.29) is 0 Å². The Bertz CT molecular complexity index is 318. The molecule has 1 atom stereocenters. The third kappa shape index (κ3) is 4.49. The first-order valence-corrected chi connectivity index (χ1v) is 7.77. The Hall–Kier alpha value is -1.07. The SMILES string of the molecule is C=CCN=C(NCC)N1CCN(CC2CCOC2)CC1. The molecular formula is C15H28N4O. The lowest BCUT2D eigenvalue weighted by Gasteiger charge is -2.37. The molecule has 5 heteroatoms. The molecule has 2 rings (SSSR count). The number of piperazine rings is 1. The van der Waals surface area contributed by atoms with Gasteiger partial charge in [-0.2, -0.15) is 0 Å². The summed E-state index contributed by atoms with van der Waals surface area (Å²) in [4.78, 5) is 9.48. The van der Waals surface area contributed by atoms with E-state index in [0.717, 1.165) is 57.8 Å². The molecule has 0 aromatic rings. The van der Waals surface area contributed by atoms with Gasteiger partial charge in [-0.3, -0.25) is 4.90 Å². The highest BCUT2D eigenvalue weighted by molar-refractivity contribution is 5.80. The van der Waals surface area contributed by atoms with Crippen LogP contribution in [0, 0.1) is 5.92 Å². The van der Waals surface area contributed by atoms with Crippen molar-refractivity contribution in [3.05, 3.63) is 12.7 Å². The summed E-state index contributed by atoms with van der Waals surface area (Å²) in [5.41, 5.74) is 0. The molecule has 114 valence electrons. The highest BCUT2D eigenvalue weighted by Crippen LogP contribution is 2.15. The monoisotopic (exact) mass is 280 g/mol. The molecule has 0 aliphatic carbocycles. The fourth-order valence-electron chi connectivity index (χ4n) is 2.81. The van der Waals surface area contributed by atoms with Gasteiger partial charge in [0.15, 0.2) is 5.96 Å². The smallest absolute Gasteiger partial charge is 0.194 e. The normalized spacial score (nSPS) is 24.9. The van der Waals surface area contributed by atoms with E-state index in [1.54, 1.807) is 0 Å². The molecule has 0 aromatic carbocycles. The fourth-order valence-corrected chi connectivity index (χ4v) is 2.81. The highest BCUT2D eigenvalue weighted by atomic mass is 16.5. The number of nitrogens with zero attached hydrogens (tertiary/aromatic N) is 3. The van der Waals surface area contributed by atoms with E-state index in [9.17, 15) is 0 Å². The van der Waals surface area contributed by atoms with Gasteiger partial charge >= 0.3 is 0 Å². The standard InChI is InChI=1S/C15H28N4O/c1-3-6-17-15(16-4-2)19-9-7-18(8-10-19)12-14-5-11-20-13-14/h3,14H,1,4-13H2,2H3,(H,16,17). The van der Waals surface area contributed by atoms with Crippen molar-refractivity contribution in [2.75, 3.05) is 59.0 Å². The van der Waals surface area contributed by atoms with E-state index in [1.807, 2.05) is 6.08 Å². The first kappa shape index (κ1) is 15.3. The van der Waals surface area contributed by atoms with Crippen LogP contribution < -0.4 is 5.32 Å². The lowest BCUT2D eigenvalue weighted by molar-refractivity contribution is 0.139. The van der Waals surface area contributed by atoms with Crippen LogP contribution >= 0.6 is 0 Å². The number of rotatable bonds is 5. The van der Waals surface area contributed by atoms with Crippen molar-refractivity contribution in [1.82, 2.24) is 15.1 Å². The quantitative estimate of drug-likeness (QED) is 0.459. The van der Waals surface area contributed by atoms with Gasteiger partial charge < -0.3 is 15.0 Å². The number of ether oxygens (including phenoxy) is 1. The van der Waals surface area contributed by atoms with Gasteiger partial charge in [0.05, 0.1) is 13.2 Å². The van der Waals surface area contributed by atoms with Crippen molar-refractivity contribution >= 4 is 5.96 Å². The van der Waals surface area contributed by atoms with Crippen molar-refractivity contribution in [1.29, 1.82) is 0 Å². The van der Waals surface area contributed by atoms with Gasteiger partial charge in [-0.15, -0.1) is 6.58 Å². The summed E-state index contributed by atoms with van der Waals surface area (Å²) < 4.78 is 5.46. The van der Waals surface area contributed by atoms with Crippen LogP contribution in [0.1, 0.15) is 13.3 Å². The molecule has 0 spiro atoms. The maximum Gasteiger partial charge on any atom is 0.194 e. The second-order valence-electron chi connectivity index (χ2n) is 5.50. The van der Waals surface area contributed by atoms with E-state index in [1.165, 1.54) is 13.0 Å². The van der Waals surface area contributed by atoms with Crippen LogP contribution in [0.3, 0.4) is 0 Å². The summed E-state index contributed by atoms with van der Waals surface area (Å²) >= 11 is 0. The number of aliphatic imine (C=N–C) groups is 1. The van der Waals surface area contributed by atoms with Gasteiger partial charge in [-0.25, -0.2) is 4.99 Å². The summed E-state index contributed by atoms with van der Waals surface area (Å²) in [6.45, 7) is 14.9. The average Bonchev–Trinajstić information content (AvgIpc) is 2.97. The van der Waals surface area contributed by atoms with Gasteiger partial charge in [0.2, 0.25) is 0 Å². The number of hydrogen-bond acceptors (Lipinski definition) is 3. The van der Waals surface area contributed by atoms with Crippen LogP contribution in [0.15, 0.2) is 17.6 Å². The third-order valence-electron chi connectivity index (χ3n) is 3.92. The molecule has 0 amide bonds. The molecule has 0 radical (unpaired) electrons. The Morgan fingerprint density at radius 1 is 1.40 bits per heavy atom. The third-order valence-corrected chi connectivity index (χ3v) is 3.92. The van der Waals surface area contributed by atoms with E-state index in [2.05, 4.69) is 33.6 Å². The predicted octanol–water partition coefficient (Wildman–Crippen LogP) is 0.792. The van der Waals surface area contributed by atoms with E-state index >= 15 is 0 Å². The Morgan fingerprint density at radius 3 is 2.80 bits per heavy atom. The van der Waals surface area contributed by atoms with Crippen LogP contribution in [-0.2, 0) is 4.74 Å². The minimum atomic E-state index is 0.683. The molecule has 20 heavy (non-hydrogen) atoms. The van der Waals surface area contributed by atoms with Crippen LogP contribution in [-0.4, -0.2) is 74.8 Å². The number of hydrogen-bond donors (Lipinski definition) is 1. The zero-order valence-electron chi connectivity index (χ0n) is 12.7. The van der Waals surface area contributed by atoms with E-state index in [4.69, 9.17) is 4.74 Å². The first-order chi connectivity index (χ1) is 9.83. The number of guanidine groups is 1. The average molecular weight is 280 g/mol. The molecule has 2 heterocycles. The second kappa shape index (κ2) is 8.27. The molecule has 2 fully saturated rings. The van der Waals surface area contributed by atoms with Crippen LogP contribution in [0.4, 0.5) is 0 Å². The zero-order chi connectivity index (χ0) is 14.2. The Kier molecular flexibility index (Phi) is 6.33. The first-order valence-electron chi connectivity index (χ1n) is 7.77. The molecule has 1 N–H and O–H groups in total. The lowest BCUT2D eigenvalue weighted by atomic mass is 10.1. The Morgan fingerprint density at radius 2 is 2.20 bits per heavy atom. The van der Waals surface area contributed by atoms with Crippen LogP contribution in [0.5, 0.6) is 0 Å². The Balaban J connectivity index is 1.77. The number of nitrogens with one attached hydrogen (secondary N) is 1. The summed E-state index contributed by atoms with van der Waals surface area (Å²) in [5.74, 6) is 1.76. The maximum atomic E-state index is 5.46. The van der Waals surface area contributed by atoms with Crippen molar-refractivity contribution in [2.45, 2.75) is 13.3 Å². The molecular weight excluding hydrogens is 252 g/mol. The second-order valence-corrected chi connectivity index (χ2v) is 5.50. The minimum Gasteiger partial charge on any atom is -0.381 e. The van der Waals surface area contributed by atoms with Crippen molar-refractivity contribution < 1.29 is 4.74 Å². The molecule has 2 aliphatic heterocycles. The van der Waals surface area contributed by atoms with Gasteiger partial charge in [0, 0.05) is 45.9 Å². The zero-order valence-corrected chi connectivity index (χ0v) is 12.7. The van der Waals surface area contributed by atoms with Gasteiger partial charge in [-0.1, -0.05) is 6.08 Å². The molecule has 5 nitrogen and oxygen atoms in total. The lowest BCUT2D eigenvalue weighted by Crippen LogP contribution is -2.53. The van der Waals surface area contributed by atoms with Crippen LogP contribution in [0.25, 0.3) is 0 Å². The van der Waals surface area contributed by atoms with Crippen molar-refractivity contribution in [2.24, 2.45) is 10.9 Å². The van der Waals surface area contributed by atoms with Gasteiger partial charge in [0.1, 0.15) is 0 Å². The topological polar surface area (TPSA) is 40.1 Å². The summed E-state index contributed by atoms with van der Waals surface area (Å²) in [6, 6.07) is 0. The van der Waals surface area contributed by atoms with Crippen molar-refractivity contribution in [3.8, 4) is 0 Å². The fraction of sp³-hybridized carbons (Fsp3) is 0.800. The molecule has 0 saturated carbocycles. The maximum absolute atomic E-state index is 5.46. The molecule has 0 bridgehead atoms. The molecule has 0 aromatic heterocycles. The summed E-state index contributed by atoms with van der Waals surface area (Å²) in [6.07, 6.45) is 3.07. The van der Waals surface area contributed by atoms with E-state index < -0.39 is 0 Å². The van der Waals surface area contributed by atoms with Crippen LogP contribution in [0.2, 0.25) is 0 Å². The molecule has 2 aliphatic rings. The molecule has 1 unspecified atom stereocenters. The van der Waals surface area contributed by atoms with E-state index in [0.29, 0.717) is 6.54 Å². The predicted molar refractivity (Wildman–Crippen MR) is 83.1 cm³/mol. The Labute approximate surface area is 122 Å². The molecule has 2 saturated heterocycles. The summed E-state index contributed by atoms with van der Waals surface area (Å²) in [7, 11) is 0. The van der Waals surface area contributed by atoms with Gasteiger partial charge in [0.25, 0.3) is 0 Å².